The van der Waals surface area contributed by atoms with Gasteiger partial charge >= 0.3 is 0 Å². The Kier molecular flexibility index (Phi) is 5.99. The number of aryl methyl sites for hydroxylation is 1. The quantitative estimate of drug-likeness (QED) is 0.383. The van der Waals surface area contributed by atoms with Crippen LogP contribution in [-0.2, 0) is 6.42 Å². The molecule has 1 N–H and O–H groups in total. The van der Waals surface area contributed by atoms with E-state index in [0.717, 1.165) is 34.3 Å². The number of aromatic nitrogens is 1. The van der Waals surface area contributed by atoms with Gasteiger partial charge in [-0.05, 0) is 67.8 Å². The van der Waals surface area contributed by atoms with Crippen molar-refractivity contribution in [3.8, 4) is 0 Å². The maximum absolute atomic E-state index is 13.2. The van der Waals surface area contributed by atoms with Crippen molar-refractivity contribution in [1.82, 2.24) is 4.98 Å². The molecule has 1 unspecified atom stereocenters. The van der Waals surface area contributed by atoms with Gasteiger partial charge in [0.15, 0.2) is 0 Å². The van der Waals surface area contributed by atoms with Gasteiger partial charge in [-0.3, -0.25) is 19.9 Å². The summed E-state index contributed by atoms with van der Waals surface area (Å²) in [6.07, 6.45) is 3.42. The van der Waals surface area contributed by atoms with Crippen LogP contribution in [0.1, 0.15) is 41.0 Å². The van der Waals surface area contributed by atoms with Crippen LogP contribution in [0, 0.1) is 10.1 Å². The molecule has 1 aromatic heterocycles. The number of pyridine rings is 1. The lowest BCUT2D eigenvalue weighted by atomic mass is 10.0. The van der Waals surface area contributed by atoms with Gasteiger partial charge in [0.2, 0.25) is 0 Å². The van der Waals surface area contributed by atoms with Gasteiger partial charge in [-0.2, -0.15) is 0 Å². The van der Waals surface area contributed by atoms with Gasteiger partial charge in [0, 0.05) is 34.5 Å². The van der Waals surface area contributed by atoms with Crippen molar-refractivity contribution >= 4 is 38.9 Å². The number of nitrogens with zero attached hydrogens (tertiary/aromatic N) is 3. The second-order valence-electron chi connectivity index (χ2n) is 7.44. The molecule has 0 bridgehead atoms. The Bertz CT molecular complexity index is 1140. The van der Waals surface area contributed by atoms with Gasteiger partial charge in [-0.25, -0.2) is 0 Å². The molecule has 1 aliphatic heterocycles. The van der Waals surface area contributed by atoms with Crippen LogP contribution in [0.25, 0.3) is 0 Å². The SMILES string of the molecule is CC(Nc1ccc(C(=O)N2CCCc3cc(Br)ccc32)cc1[N+](=O)[O-])c1ccccn1. The zero-order valence-corrected chi connectivity index (χ0v) is 18.5. The van der Waals surface area contributed by atoms with Crippen LogP contribution in [0.4, 0.5) is 17.1 Å². The Morgan fingerprint density at radius 3 is 2.81 bits per heavy atom. The molecule has 0 radical (unpaired) electrons. The third-order valence-electron chi connectivity index (χ3n) is 5.35. The number of carbonyl (C=O) groups is 1. The van der Waals surface area contributed by atoms with Gasteiger partial charge < -0.3 is 10.2 Å². The van der Waals surface area contributed by atoms with Gasteiger partial charge in [0.05, 0.1) is 16.7 Å². The number of nitrogens with one attached hydrogen (secondary N) is 1. The Balaban J connectivity index is 1.63. The molecule has 0 saturated carbocycles. The first-order valence-corrected chi connectivity index (χ1v) is 10.8. The Morgan fingerprint density at radius 1 is 1.23 bits per heavy atom. The largest absolute Gasteiger partial charge is 0.371 e. The number of nitro groups is 1. The van der Waals surface area contributed by atoms with Crippen molar-refractivity contribution in [3.05, 3.63) is 92.2 Å². The highest BCUT2D eigenvalue weighted by Gasteiger charge is 2.26. The molecule has 1 amide bonds. The van der Waals surface area contributed by atoms with Crippen molar-refractivity contribution in [2.75, 3.05) is 16.8 Å². The third kappa shape index (κ3) is 4.44. The molecule has 0 fully saturated rings. The third-order valence-corrected chi connectivity index (χ3v) is 5.84. The van der Waals surface area contributed by atoms with Gasteiger partial charge in [-0.15, -0.1) is 0 Å². The Labute approximate surface area is 188 Å². The van der Waals surface area contributed by atoms with Crippen LogP contribution >= 0.6 is 15.9 Å². The van der Waals surface area contributed by atoms with Crippen LogP contribution in [0.2, 0.25) is 0 Å². The fraction of sp³-hybridized carbons (Fsp3) is 0.217. The average molecular weight is 481 g/mol. The number of hydrogen-bond acceptors (Lipinski definition) is 5. The van der Waals surface area contributed by atoms with Crippen molar-refractivity contribution < 1.29 is 9.72 Å². The van der Waals surface area contributed by atoms with Gasteiger partial charge in [0.25, 0.3) is 11.6 Å². The number of rotatable bonds is 5. The van der Waals surface area contributed by atoms with E-state index in [2.05, 4.69) is 26.2 Å². The lowest BCUT2D eigenvalue weighted by Crippen LogP contribution is -2.35. The fourth-order valence-electron chi connectivity index (χ4n) is 3.81. The molecule has 7 nitrogen and oxygen atoms in total. The summed E-state index contributed by atoms with van der Waals surface area (Å²) in [7, 11) is 0. The van der Waals surface area contributed by atoms with E-state index < -0.39 is 4.92 Å². The Hall–Kier alpha value is -3.26. The number of fused-ring (bicyclic) bond motifs is 1. The summed E-state index contributed by atoms with van der Waals surface area (Å²) in [4.78, 5) is 30.5. The van der Waals surface area contributed by atoms with E-state index >= 15 is 0 Å². The first-order valence-electron chi connectivity index (χ1n) is 10.0. The minimum absolute atomic E-state index is 0.137. The molecule has 31 heavy (non-hydrogen) atoms. The highest BCUT2D eigenvalue weighted by atomic mass is 79.9. The van der Waals surface area contributed by atoms with E-state index in [4.69, 9.17) is 0 Å². The number of benzene rings is 2. The van der Waals surface area contributed by atoms with E-state index in [1.54, 1.807) is 23.2 Å². The van der Waals surface area contributed by atoms with E-state index in [1.807, 2.05) is 43.3 Å². The second kappa shape index (κ2) is 8.85. The van der Waals surface area contributed by atoms with Crippen LogP contribution in [0.15, 0.2) is 65.3 Å². The molecule has 2 heterocycles. The van der Waals surface area contributed by atoms with E-state index in [9.17, 15) is 14.9 Å². The number of anilines is 2. The smallest absolute Gasteiger partial charge is 0.293 e. The van der Waals surface area contributed by atoms with Crippen molar-refractivity contribution in [2.24, 2.45) is 0 Å². The van der Waals surface area contributed by atoms with E-state index in [1.165, 1.54) is 6.07 Å². The monoisotopic (exact) mass is 480 g/mol. The van der Waals surface area contributed by atoms with Crippen molar-refractivity contribution in [1.29, 1.82) is 0 Å². The molecular formula is C23H21BrN4O3. The fourth-order valence-corrected chi connectivity index (χ4v) is 4.22. The minimum Gasteiger partial charge on any atom is -0.371 e. The molecular weight excluding hydrogens is 460 g/mol. The standard InChI is InChI=1S/C23H21BrN4O3/c1-15(19-6-2-3-11-25-19)26-20-9-7-17(14-22(20)28(30)31)23(29)27-12-4-5-16-13-18(24)8-10-21(16)27/h2-3,6-11,13-15,26H,4-5,12H2,1H3. The summed E-state index contributed by atoms with van der Waals surface area (Å²) in [5.41, 5.74) is 3.22. The average Bonchev–Trinajstić information content (AvgIpc) is 2.78. The molecule has 158 valence electrons. The number of nitro benzene ring substituents is 1. The lowest BCUT2D eigenvalue weighted by molar-refractivity contribution is -0.384. The van der Waals surface area contributed by atoms with Crippen LogP contribution in [0.3, 0.4) is 0 Å². The first-order chi connectivity index (χ1) is 14.9. The molecule has 0 aliphatic carbocycles. The molecule has 4 rings (SSSR count). The molecule has 8 heteroatoms. The number of halogens is 1. The van der Waals surface area contributed by atoms with Crippen LogP contribution in [0.5, 0.6) is 0 Å². The lowest BCUT2D eigenvalue weighted by Gasteiger charge is -2.29. The van der Waals surface area contributed by atoms with E-state index in [-0.39, 0.29) is 17.6 Å². The second-order valence-corrected chi connectivity index (χ2v) is 8.36. The van der Waals surface area contributed by atoms with Crippen molar-refractivity contribution in [3.63, 3.8) is 0 Å². The highest BCUT2D eigenvalue weighted by Crippen LogP contribution is 2.33. The molecule has 0 saturated heterocycles. The highest BCUT2D eigenvalue weighted by molar-refractivity contribution is 9.10. The summed E-state index contributed by atoms with van der Waals surface area (Å²) in [5, 5.41) is 14.9. The van der Waals surface area contributed by atoms with Gasteiger partial charge in [-0.1, -0.05) is 22.0 Å². The summed E-state index contributed by atoms with van der Waals surface area (Å²) < 4.78 is 0.966. The first kappa shape index (κ1) is 21.0. The summed E-state index contributed by atoms with van der Waals surface area (Å²) in [5.74, 6) is -0.240. The predicted octanol–water partition coefficient (Wildman–Crippen LogP) is 5.52. The summed E-state index contributed by atoms with van der Waals surface area (Å²) >= 11 is 3.47. The zero-order chi connectivity index (χ0) is 22.0. The van der Waals surface area contributed by atoms with Gasteiger partial charge in [0.1, 0.15) is 5.69 Å². The minimum atomic E-state index is -0.467. The normalized spacial score (nSPS) is 13.9. The van der Waals surface area contributed by atoms with Crippen molar-refractivity contribution in [2.45, 2.75) is 25.8 Å². The van der Waals surface area contributed by atoms with E-state index in [0.29, 0.717) is 17.8 Å². The summed E-state index contributed by atoms with van der Waals surface area (Å²) in [6, 6.07) is 15.7. The molecule has 1 atom stereocenters. The summed E-state index contributed by atoms with van der Waals surface area (Å²) in [6.45, 7) is 2.46. The van der Waals surface area contributed by atoms with Crippen LogP contribution in [-0.4, -0.2) is 22.4 Å². The maximum Gasteiger partial charge on any atom is 0.293 e. The number of carbonyl (C=O) groups excluding carboxylic acids is 1. The molecule has 1 aliphatic rings. The number of hydrogen-bond donors (Lipinski definition) is 1. The number of amides is 1. The maximum atomic E-state index is 13.2. The molecule has 2 aromatic carbocycles. The predicted molar refractivity (Wildman–Crippen MR) is 124 cm³/mol. The molecule has 3 aromatic rings. The Morgan fingerprint density at radius 2 is 2.06 bits per heavy atom. The topological polar surface area (TPSA) is 88.4 Å². The molecule has 0 spiro atoms. The van der Waals surface area contributed by atoms with Crippen LogP contribution < -0.4 is 10.2 Å². The zero-order valence-electron chi connectivity index (χ0n) is 16.9.